The van der Waals surface area contributed by atoms with E-state index < -0.39 is 29.7 Å². The van der Waals surface area contributed by atoms with Crippen molar-refractivity contribution in [3.8, 4) is 0 Å². The third-order valence-electron chi connectivity index (χ3n) is 3.94. The third kappa shape index (κ3) is 3.38. The lowest BCUT2D eigenvalue weighted by Crippen LogP contribution is -2.33. The minimum Gasteiger partial charge on any atom is -0.394 e. The third-order valence-corrected chi connectivity index (χ3v) is 3.94. The van der Waals surface area contributed by atoms with Crippen LogP contribution in [0, 0.1) is 0 Å². The van der Waals surface area contributed by atoms with Crippen LogP contribution in [0.15, 0.2) is 46.1 Å². The molecule has 3 N–H and O–H groups in total. The van der Waals surface area contributed by atoms with E-state index in [0.29, 0.717) is 5.56 Å². The van der Waals surface area contributed by atoms with E-state index in [1.54, 1.807) is 12.2 Å². The summed E-state index contributed by atoms with van der Waals surface area (Å²) in [5.74, 6) is 0. The SMILES string of the molecule is O=c1[nH]c(=O)n([C@H]2C[C@H](O)[C@@H](CO)O2)cc1/C=C/c1ccccc1. The molecule has 1 saturated heterocycles. The van der Waals surface area contributed by atoms with Crippen LogP contribution in [0.3, 0.4) is 0 Å². The maximum atomic E-state index is 12.0. The van der Waals surface area contributed by atoms with Gasteiger partial charge in [-0.1, -0.05) is 36.4 Å². The Morgan fingerprint density at radius 3 is 2.67 bits per heavy atom. The van der Waals surface area contributed by atoms with Gasteiger partial charge in [0.15, 0.2) is 0 Å². The molecule has 0 aliphatic carbocycles. The van der Waals surface area contributed by atoms with Crippen LogP contribution < -0.4 is 11.2 Å². The van der Waals surface area contributed by atoms with Crippen molar-refractivity contribution < 1.29 is 14.9 Å². The first kappa shape index (κ1) is 16.4. The Bertz CT molecular complexity index is 840. The first-order valence-electron chi connectivity index (χ1n) is 7.61. The van der Waals surface area contributed by atoms with Gasteiger partial charge in [0, 0.05) is 12.6 Å². The quantitative estimate of drug-likeness (QED) is 0.750. The molecule has 1 aromatic heterocycles. The van der Waals surface area contributed by atoms with E-state index in [2.05, 4.69) is 4.98 Å². The molecule has 1 fully saturated rings. The Kier molecular flexibility index (Phi) is 4.75. The molecule has 3 rings (SSSR count). The lowest BCUT2D eigenvalue weighted by Gasteiger charge is -2.14. The van der Waals surface area contributed by atoms with Crippen LogP contribution in [0.1, 0.15) is 23.8 Å². The summed E-state index contributed by atoms with van der Waals surface area (Å²) in [6, 6.07) is 9.44. The molecule has 24 heavy (non-hydrogen) atoms. The largest absolute Gasteiger partial charge is 0.394 e. The molecule has 0 spiro atoms. The summed E-state index contributed by atoms with van der Waals surface area (Å²) < 4.78 is 6.69. The average Bonchev–Trinajstić information content (AvgIpc) is 2.95. The number of hydrogen-bond acceptors (Lipinski definition) is 5. The van der Waals surface area contributed by atoms with Crippen LogP contribution in [0.4, 0.5) is 0 Å². The van der Waals surface area contributed by atoms with Gasteiger partial charge in [-0.3, -0.25) is 14.3 Å². The summed E-state index contributed by atoms with van der Waals surface area (Å²) in [4.78, 5) is 26.2. The van der Waals surface area contributed by atoms with Gasteiger partial charge in [0.05, 0.1) is 18.3 Å². The van der Waals surface area contributed by atoms with Crippen molar-refractivity contribution in [2.75, 3.05) is 6.61 Å². The second-order valence-electron chi connectivity index (χ2n) is 5.61. The number of nitrogens with one attached hydrogen (secondary N) is 1. The first-order valence-corrected chi connectivity index (χ1v) is 7.61. The summed E-state index contributed by atoms with van der Waals surface area (Å²) in [5, 5.41) is 18.9. The molecule has 0 saturated carbocycles. The topological polar surface area (TPSA) is 105 Å². The Labute approximate surface area is 137 Å². The van der Waals surface area contributed by atoms with Gasteiger partial charge in [-0.25, -0.2) is 4.79 Å². The average molecular weight is 330 g/mol. The highest BCUT2D eigenvalue weighted by atomic mass is 16.5. The highest BCUT2D eigenvalue weighted by Crippen LogP contribution is 2.27. The maximum Gasteiger partial charge on any atom is 0.330 e. The van der Waals surface area contributed by atoms with Crippen molar-refractivity contribution in [3.05, 3.63) is 68.5 Å². The Balaban J connectivity index is 1.91. The van der Waals surface area contributed by atoms with Gasteiger partial charge >= 0.3 is 5.69 Å². The van der Waals surface area contributed by atoms with E-state index in [1.165, 1.54) is 10.8 Å². The fourth-order valence-corrected chi connectivity index (χ4v) is 2.63. The Morgan fingerprint density at radius 1 is 1.25 bits per heavy atom. The van der Waals surface area contributed by atoms with Crippen LogP contribution >= 0.6 is 0 Å². The van der Waals surface area contributed by atoms with E-state index >= 15 is 0 Å². The summed E-state index contributed by atoms with van der Waals surface area (Å²) in [7, 11) is 0. The lowest BCUT2D eigenvalue weighted by atomic mass is 10.2. The molecule has 3 atom stereocenters. The highest BCUT2D eigenvalue weighted by molar-refractivity contribution is 5.68. The fraction of sp³-hybridized carbons (Fsp3) is 0.294. The number of H-pyrrole nitrogens is 1. The van der Waals surface area contributed by atoms with Gasteiger partial charge in [-0.2, -0.15) is 0 Å². The number of aliphatic hydroxyl groups is 2. The number of rotatable bonds is 4. The number of aliphatic hydroxyl groups excluding tert-OH is 2. The van der Waals surface area contributed by atoms with Crippen molar-refractivity contribution in [2.45, 2.75) is 24.9 Å². The normalized spacial score (nSPS) is 23.8. The van der Waals surface area contributed by atoms with Crippen molar-refractivity contribution in [1.29, 1.82) is 0 Å². The first-order chi connectivity index (χ1) is 11.6. The molecule has 0 unspecified atom stereocenters. The monoisotopic (exact) mass is 330 g/mol. The summed E-state index contributed by atoms with van der Waals surface area (Å²) in [5.41, 5.74) is 0.0971. The summed E-state index contributed by atoms with van der Waals surface area (Å²) >= 11 is 0. The van der Waals surface area contributed by atoms with Crippen LogP contribution in [0.5, 0.6) is 0 Å². The molecule has 7 heteroatoms. The molecule has 0 amide bonds. The van der Waals surface area contributed by atoms with E-state index in [1.807, 2.05) is 30.3 Å². The van der Waals surface area contributed by atoms with Crippen molar-refractivity contribution in [2.24, 2.45) is 0 Å². The molecule has 7 nitrogen and oxygen atoms in total. The van der Waals surface area contributed by atoms with Gasteiger partial charge in [0.1, 0.15) is 12.3 Å². The second kappa shape index (κ2) is 6.96. The molecule has 2 aromatic rings. The van der Waals surface area contributed by atoms with Crippen LogP contribution in [0.2, 0.25) is 0 Å². The Morgan fingerprint density at radius 2 is 2.00 bits per heavy atom. The number of benzene rings is 1. The van der Waals surface area contributed by atoms with Gasteiger partial charge in [-0.15, -0.1) is 0 Å². The smallest absolute Gasteiger partial charge is 0.330 e. The zero-order valence-electron chi connectivity index (χ0n) is 12.8. The number of nitrogens with zero attached hydrogens (tertiary/aromatic N) is 1. The standard InChI is InChI=1S/C17H18N2O5/c20-10-14-13(21)8-15(24-14)19-9-12(16(22)18-17(19)23)7-6-11-4-2-1-3-5-11/h1-7,9,13-15,20-21H,8,10H2,(H,18,22,23)/b7-6+/t13-,14+,15+/m0/s1. The summed E-state index contributed by atoms with van der Waals surface area (Å²) in [6.07, 6.45) is 2.61. The second-order valence-corrected chi connectivity index (χ2v) is 5.61. The number of aromatic nitrogens is 2. The fourth-order valence-electron chi connectivity index (χ4n) is 2.63. The number of hydrogen-bond donors (Lipinski definition) is 3. The maximum absolute atomic E-state index is 12.0. The van der Waals surface area contributed by atoms with E-state index in [0.717, 1.165) is 5.56 Å². The Hall–Kier alpha value is -2.48. The molecular weight excluding hydrogens is 312 g/mol. The van der Waals surface area contributed by atoms with Gasteiger partial charge in [-0.05, 0) is 11.6 Å². The lowest BCUT2D eigenvalue weighted by molar-refractivity contribution is -0.0459. The van der Waals surface area contributed by atoms with E-state index in [4.69, 9.17) is 9.84 Å². The number of aromatic amines is 1. The van der Waals surface area contributed by atoms with Crippen molar-refractivity contribution in [1.82, 2.24) is 9.55 Å². The molecule has 1 aliphatic heterocycles. The minimum atomic E-state index is -0.859. The van der Waals surface area contributed by atoms with Crippen molar-refractivity contribution >= 4 is 12.2 Å². The minimum absolute atomic E-state index is 0.166. The molecule has 0 bridgehead atoms. The van der Waals surface area contributed by atoms with Crippen LogP contribution in [0.25, 0.3) is 12.2 Å². The zero-order chi connectivity index (χ0) is 17.1. The zero-order valence-corrected chi connectivity index (χ0v) is 12.8. The number of ether oxygens (including phenoxy) is 1. The molecule has 126 valence electrons. The molecule has 0 radical (unpaired) electrons. The van der Waals surface area contributed by atoms with Crippen LogP contribution in [-0.4, -0.2) is 38.6 Å². The molecule has 1 aromatic carbocycles. The van der Waals surface area contributed by atoms with E-state index in [9.17, 15) is 14.7 Å². The molecule has 1 aliphatic rings. The summed E-state index contributed by atoms with van der Waals surface area (Å²) in [6.45, 7) is -0.337. The van der Waals surface area contributed by atoms with Crippen LogP contribution in [-0.2, 0) is 4.74 Å². The predicted octanol–water partition coefficient (Wildman–Crippen LogP) is 0.348. The predicted molar refractivity (Wildman–Crippen MR) is 88.3 cm³/mol. The highest BCUT2D eigenvalue weighted by Gasteiger charge is 2.35. The van der Waals surface area contributed by atoms with Gasteiger partial charge < -0.3 is 14.9 Å². The molecule has 2 heterocycles. The van der Waals surface area contributed by atoms with Crippen molar-refractivity contribution in [3.63, 3.8) is 0 Å². The van der Waals surface area contributed by atoms with Gasteiger partial charge in [0.2, 0.25) is 0 Å². The van der Waals surface area contributed by atoms with Gasteiger partial charge in [0.25, 0.3) is 5.56 Å². The van der Waals surface area contributed by atoms with E-state index in [-0.39, 0.29) is 13.0 Å². The molecular formula is C17H18N2O5.